The molecule has 19 heavy (non-hydrogen) atoms. The van der Waals surface area contributed by atoms with Gasteiger partial charge in [0, 0.05) is 10.6 Å². The Hall–Kier alpha value is -0.280. The minimum atomic E-state index is 0. The first-order valence-corrected chi connectivity index (χ1v) is 7.01. The van der Waals surface area contributed by atoms with Crippen molar-refractivity contribution in [2.75, 3.05) is 6.54 Å². The Morgan fingerprint density at radius 2 is 1.79 bits per heavy atom. The molecule has 1 fully saturated rings. The van der Waals surface area contributed by atoms with Crippen LogP contribution in [0.1, 0.15) is 45.1 Å². The molecule has 0 saturated heterocycles. The molecule has 1 aromatic carbocycles. The van der Waals surface area contributed by atoms with E-state index in [0.29, 0.717) is 0 Å². The Kier molecular flexibility index (Phi) is 7.99. The van der Waals surface area contributed by atoms with Crippen LogP contribution >= 0.6 is 24.0 Å². The van der Waals surface area contributed by atoms with E-state index in [2.05, 4.69) is 31.3 Å². The molecule has 0 aliphatic heterocycles. The molecule has 110 valence electrons. The Morgan fingerprint density at radius 1 is 1.21 bits per heavy atom. The first-order valence-electron chi connectivity index (χ1n) is 6.63. The van der Waals surface area contributed by atoms with E-state index in [4.69, 9.17) is 11.6 Å². The molecule has 0 radical (unpaired) electrons. The summed E-state index contributed by atoms with van der Waals surface area (Å²) in [6.45, 7) is 5.66. The number of hydrogen-bond acceptors (Lipinski definition) is 1. The monoisotopic (exact) mass is 305 g/mol. The summed E-state index contributed by atoms with van der Waals surface area (Å²) in [7, 11) is 0. The smallest absolute Gasteiger partial charge is 0.0434 e. The molecule has 0 atom stereocenters. The normalized spacial score (nSPS) is 16.2. The molecule has 0 heterocycles. The van der Waals surface area contributed by atoms with E-state index >= 15 is 0 Å². The summed E-state index contributed by atoms with van der Waals surface area (Å²) in [5.74, 6) is 0.768. The maximum absolute atomic E-state index is 5.95. The van der Waals surface area contributed by atoms with Crippen molar-refractivity contribution < 1.29 is 5.48 Å². The van der Waals surface area contributed by atoms with Gasteiger partial charge in [-0.05, 0) is 55.8 Å². The molecule has 4 heteroatoms. The number of nitrogens with one attached hydrogen (secondary N) is 1. The number of benzene rings is 1. The summed E-state index contributed by atoms with van der Waals surface area (Å²) in [6, 6.07) is 8.34. The highest BCUT2D eigenvalue weighted by Gasteiger charge is 2.37. The molecule has 0 spiro atoms. The zero-order valence-corrected chi connectivity index (χ0v) is 13.3. The van der Waals surface area contributed by atoms with Gasteiger partial charge in [0.2, 0.25) is 0 Å². The number of hydrogen-bond donors (Lipinski definition) is 1. The summed E-state index contributed by atoms with van der Waals surface area (Å²) in [4.78, 5) is 0. The summed E-state index contributed by atoms with van der Waals surface area (Å²) in [6.07, 6.45) is 5.09. The molecule has 1 aliphatic rings. The maximum Gasteiger partial charge on any atom is 0.0434 e. The van der Waals surface area contributed by atoms with E-state index in [1.54, 1.807) is 0 Å². The van der Waals surface area contributed by atoms with Crippen LogP contribution in [0.3, 0.4) is 0 Å². The molecule has 0 unspecified atom stereocenters. The average molecular weight is 306 g/mol. The Labute approximate surface area is 127 Å². The molecular weight excluding hydrogens is 281 g/mol. The lowest BCUT2D eigenvalue weighted by Crippen LogP contribution is -2.48. The molecule has 0 bridgehead atoms. The van der Waals surface area contributed by atoms with Crippen molar-refractivity contribution in [1.29, 1.82) is 0 Å². The molecule has 3 N–H and O–H groups in total. The van der Waals surface area contributed by atoms with Crippen molar-refractivity contribution in [3.05, 3.63) is 34.9 Å². The largest absolute Gasteiger partial charge is 0.412 e. The van der Waals surface area contributed by atoms with Crippen molar-refractivity contribution in [2.24, 2.45) is 5.92 Å². The van der Waals surface area contributed by atoms with Crippen LogP contribution in [0.15, 0.2) is 24.3 Å². The summed E-state index contributed by atoms with van der Waals surface area (Å²) >= 11 is 5.95. The van der Waals surface area contributed by atoms with Gasteiger partial charge in [-0.1, -0.05) is 37.6 Å². The highest BCUT2D eigenvalue weighted by molar-refractivity contribution is 6.30. The van der Waals surface area contributed by atoms with E-state index in [0.717, 1.165) is 17.5 Å². The van der Waals surface area contributed by atoms with E-state index < -0.39 is 0 Å². The quantitative estimate of drug-likeness (QED) is 0.879. The third-order valence-electron chi connectivity index (χ3n) is 3.79. The van der Waals surface area contributed by atoms with Crippen LogP contribution in [0.4, 0.5) is 0 Å². The summed E-state index contributed by atoms with van der Waals surface area (Å²) < 4.78 is 0. The Bertz CT molecular complexity index is 361. The fraction of sp³-hybridized carbons (Fsp3) is 0.600. The summed E-state index contributed by atoms with van der Waals surface area (Å²) in [5.41, 5.74) is 1.64. The van der Waals surface area contributed by atoms with Gasteiger partial charge in [0.05, 0.1) is 0 Å². The Morgan fingerprint density at radius 3 is 2.21 bits per heavy atom. The zero-order valence-electron chi connectivity index (χ0n) is 11.7. The molecule has 1 saturated carbocycles. The third kappa shape index (κ3) is 4.64. The highest BCUT2D eigenvalue weighted by Crippen LogP contribution is 2.41. The van der Waals surface area contributed by atoms with E-state index in [1.165, 1.54) is 31.2 Å². The van der Waals surface area contributed by atoms with Gasteiger partial charge >= 0.3 is 0 Å². The lowest BCUT2D eigenvalue weighted by molar-refractivity contribution is 0.183. The third-order valence-corrected chi connectivity index (χ3v) is 4.04. The van der Waals surface area contributed by atoms with E-state index in [9.17, 15) is 0 Å². The fourth-order valence-corrected chi connectivity index (χ4v) is 2.59. The molecule has 1 aromatic rings. The van der Waals surface area contributed by atoms with Crippen LogP contribution in [0, 0.1) is 5.92 Å². The molecule has 0 amide bonds. The average Bonchev–Trinajstić information content (AvgIpc) is 2.23. The second-order valence-electron chi connectivity index (χ2n) is 5.55. The minimum Gasteiger partial charge on any atom is -0.412 e. The van der Waals surface area contributed by atoms with E-state index in [-0.39, 0.29) is 23.4 Å². The van der Waals surface area contributed by atoms with Gasteiger partial charge in [0.25, 0.3) is 0 Å². The molecule has 2 nitrogen and oxygen atoms in total. The standard InChI is InChI=1S/C15H22ClN.ClH.H2O/c1-12(2)8-11-17-15(9-3-10-15)13-4-6-14(16)7-5-13;;/h4-7,12,17H,3,8-11H2,1-2H3;1H;1H2. The van der Waals surface area contributed by atoms with Crippen LogP contribution in [0.2, 0.25) is 5.02 Å². The molecule has 1 aliphatic carbocycles. The van der Waals surface area contributed by atoms with Crippen LogP contribution in [0.5, 0.6) is 0 Å². The second kappa shape index (κ2) is 8.11. The van der Waals surface area contributed by atoms with Crippen LogP contribution < -0.4 is 5.32 Å². The van der Waals surface area contributed by atoms with Gasteiger partial charge < -0.3 is 10.8 Å². The van der Waals surface area contributed by atoms with Gasteiger partial charge in [-0.15, -0.1) is 12.4 Å². The first-order chi connectivity index (χ1) is 8.12. The van der Waals surface area contributed by atoms with Crippen molar-refractivity contribution in [1.82, 2.24) is 5.32 Å². The van der Waals surface area contributed by atoms with Crippen LogP contribution in [-0.4, -0.2) is 12.0 Å². The van der Waals surface area contributed by atoms with Gasteiger partial charge in [-0.2, -0.15) is 0 Å². The molecule has 0 aromatic heterocycles. The predicted octanol–water partition coefficient (Wildman–Crippen LogP) is 3.95. The number of halogens is 2. The lowest BCUT2D eigenvalue weighted by Gasteiger charge is -2.43. The first kappa shape index (κ1) is 18.7. The zero-order chi connectivity index (χ0) is 12.3. The Balaban J connectivity index is 0.00000162. The van der Waals surface area contributed by atoms with Crippen LogP contribution in [0.25, 0.3) is 0 Å². The highest BCUT2D eigenvalue weighted by atomic mass is 35.5. The molecular formula is C15H25Cl2NO. The molecule has 2 rings (SSSR count). The van der Waals surface area contributed by atoms with Crippen molar-refractivity contribution >= 4 is 24.0 Å². The summed E-state index contributed by atoms with van der Waals surface area (Å²) in [5, 5.41) is 4.58. The number of rotatable bonds is 5. The fourth-order valence-electron chi connectivity index (χ4n) is 2.47. The van der Waals surface area contributed by atoms with Gasteiger partial charge in [0.15, 0.2) is 0 Å². The SMILES string of the molecule is CC(C)CCNC1(c2ccc(Cl)cc2)CCC1.Cl.O. The van der Waals surface area contributed by atoms with Crippen molar-refractivity contribution in [3.8, 4) is 0 Å². The van der Waals surface area contributed by atoms with Crippen molar-refractivity contribution in [2.45, 2.75) is 45.1 Å². The van der Waals surface area contributed by atoms with Gasteiger partial charge in [-0.25, -0.2) is 0 Å². The topological polar surface area (TPSA) is 43.5 Å². The van der Waals surface area contributed by atoms with Gasteiger partial charge in [-0.3, -0.25) is 0 Å². The van der Waals surface area contributed by atoms with Crippen molar-refractivity contribution in [3.63, 3.8) is 0 Å². The lowest BCUT2D eigenvalue weighted by atomic mass is 9.71. The van der Waals surface area contributed by atoms with Gasteiger partial charge in [0.1, 0.15) is 0 Å². The van der Waals surface area contributed by atoms with E-state index in [1.807, 2.05) is 12.1 Å². The van der Waals surface area contributed by atoms with Crippen LogP contribution in [-0.2, 0) is 5.54 Å². The second-order valence-corrected chi connectivity index (χ2v) is 5.99. The maximum atomic E-state index is 5.95. The minimum absolute atomic E-state index is 0. The predicted molar refractivity (Wildman–Crippen MR) is 85.3 cm³/mol.